The number of sulfonamides is 1. The van der Waals surface area contributed by atoms with Crippen molar-refractivity contribution in [1.29, 1.82) is 5.26 Å². The summed E-state index contributed by atoms with van der Waals surface area (Å²) in [6.07, 6.45) is 0.164. The van der Waals surface area contributed by atoms with Crippen molar-refractivity contribution in [2.24, 2.45) is 5.92 Å². The smallest absolute Gasteiger partial charge is 0.245 e. The van der Waals surface area contributed by atoms with E-state index in [1.165, 1.54) is 10.4 Å². The molecule has 0 heterocycles. The molecule has 0 aliphatic rings. The third-order valence-electron chi connectivity index (χ3n) is 2.82. The average Bonchev–Trinajstić information content (AvgIpc) is 2.33. The first kappa shape index (κ1) is 16.5. The number of nitrogens with zero attached hydrogens (tertiary/aromatic N) is 2. The lowest BCUT2D eigenvalue weighted by atomic mass is 10.2. The van der Waals surface area contributed by atoms with Crippen LogP contribution in [0.4, 0.5) is 5.69 Å². The van der Waals surface area contributed by atoms with Crippen LogP contribution in [-0.2, 0) is 10.0 Å². The van der Waals surface area contributed by atoms with Crippen LogP contribution in [0.5, 0.6) is 0 Å². The van der Waals surface area contributed by atoms with Crippen molar-refractivity contribution in [3.8, 4) is 6.07 Å². The first-order valence-electron chi connectivity index (χ1n) is 6.52. The van der Waals surface area contributed by atoms with Crippen LogP contribution in [0.15, 0.2) is 23.1 Å². The number of nitrogens with two attached hydrogens (primary N) is 1. The van der Waals surface area contributed by atoms with E-state index in [1.807, 2.05) is 26.8 Å². The van der Waals surface area contributed by atoms with Gasteiger partial charge in [0.05, 0.1) is 11.8 Å². The molecule has 0 spiro atoms. The molecule has 0 unspecified atom stereocenters. The van der Waals surface area contributed by atoms with Gasteiger partial charge < -0.3 is 5.73 Å². The lowest BCUT2D eigenvalue weighted by Gasteiger charge is -2.23. The highest BCUT2D eigenvalue weighted by Gasteiger charge is 2.26. The van der Waals surface area contributed by atoms with Crippen LogP contribution in [0.2, 0.25) is 0 Å². The van der Waals surface area contributed by atoms with Gasteiger partial charge in [-0.2, -0.15) is 9.57 Å². The third-order valence-corrected chi connectivity index (χ3v) is 4.76. The summed E-state index contributed by atoms with van der Waals surface area (Å²) in [6.45, 7) is 6.29. The topological polar surface area (TPSA) is 87.2 Å². The molecule has 1 aromatic rings. The van der Waals surface area contributed by atoms with Crippen LogP contribution in [-0.4, -0.2) is 25.8 Å². The number of nitrogen functional groups attached to an aromatic ring is 1. The minimum atomic E-state index is -3.66. The second-order valence-corrected chi connectivity index (χ2v) is 7.11. The van der Waals surface area contributed by atoms with E-state index < -0.39 is 10.0 Å². The van der Waals surface area contributed by atoms with E-state index in [2.05, 4.69) is 0 Å². The molecule has 1 rings (SSSR count). The van der Waals surface area contributed by atoms with Crippen molar-refractivity contribution in [1.82, 2.24) is 4.31 Å². The molecule has 0 atom stereocenters. The summed E-state index contributed by atoms with van der Waals surface area (Å²) in [4.78, 5) is 0.113. The van der Waals surface area contributed by atoms with E-state index in [1.54, 1.807) is 12.1 Å². The molecule has 0 saturated carbocycles. The number of anilines is 1. The van der Waals surface area contributed by atoms with E-state index in [-0.39, 0.29) is 29.5 Å². The fourth-order valence-electron chi connectivity index (χ4n) is 1.93. The molecule has 20 heavy (non-hydrogen) atoms. The molecule has 2 N–H and O–H groups in total. The van der Waals surface area contributed by atoms with Gasteiger partial charge in [-0.3, -0.25) is 0 Å². The Bertz CT molecular complexity index is 603. The molecule has 0 bridgehead atoms. The number of hydrogen-bond donors (Lipinski definition) is 1. The number of rotatable bonds is 6. The van der Waals surface area contributed by atoms with Crippen LogP contribution < -0.4 is 5.73 Å². The zero-order valence-corrected chi connectivity index (χ0v) is 12.9. The SMILES string of the molecule is Cc1ccc(S(=O)(=O)N(CCC#N)CC(C)C)c(N)c1. The fraction of sp³-hybridized carbons (Fsp3) is 0.500. The normalized spacial score (nSPS) is 11.8. The summed E-state index contributed by atoms with van der Waals surface area (Å²) in [6, 6.07) is 6.88. The van der Waals surface area contributed by atoms with E-state index in [0.717, 1.165) is 5.56 Å². The van der Waals surface area contributed by atoms with Crippen molar-refractivity contribution in [3.05, 3.63) is 23.8 Å². The summed E-state index contributed by atoms with van der Waals surface area (Å²) in [5.74, 6) is 0.176. The molecule has 1 aromatic carbocycles. The summed E-state index contributed by atoms with van der Waals surface area (Å²) in [7, 11) is -3.66. The Morgan fingerprint density at radius 1 is 1.40 bits per heavy atom. The van der Waals surface area contributed by atoms with Gasteiger partial charge in [-0.05, 0) is 30.5 Å². The van der Waals surface area contributed by atoms with Crippen molar-refractivity contribution in [2.75, 3.05) is 18.8 Å². The molecule has 6 heteroatoms. The second kappa shape index (κ2) is 6.73. The zero-order valence-electron chi connectivity index (χ0n) is 12.1. The fourth-order valence-corrected chi connectivity index (χ4v) is 3.63. The van der Waals surface area contributed by atoms with Gasteiger partial charge in [-0.1, -0.05) is 19.9 Å². The van der Waals surface area contributed by atoms with Crippen molar-refractivity contribution in [2.45, 2.75) is 32.1 Å². The number of benzene rings is 1. The highest BCUT2D eigenvalue weighted by atomic mass is 32.2. The number of aryl methyl sites for hydroxylation is 1. The zero-order chi connectivity index (χ0) is 15.3. The predicted octanol–water partition coefficient (Wildman–Crippen LogP) is 2.14. The first-order valence-corrected chi connectivity index (χ1v) is 7.96. The van der Waals surface area contributed by atoms with Gasteiger partial charge in [0.1, 0.15) is 4.90 Å². The molecule has 0 aliphatic carbocycles. The van der Waals surface area contributed by atoms with E-state index in [9.17, 15) is 8.42 Å². The van der Waals surface area contributed by atoms with Gasteiger partial charge in [0.2, 0.25) is 10.0 Å². The van der Waals surface area contributed by atoms with Crippen LogP contribution in [0.25, 0.3) is 0 Å². The molecular weight excluding hydrogens is 274 g/mol. The van der Waals surface area contributed by atoms with E-state index in [4.69, 9.17) is 11.0 Å². The highest BCUT2D eigenvalue weighted by molar-refractivity contribution is 7.89. The van der Waals surface area contributed by atoms with Gasteiger partial charge in [-0.15, -0.1) is 0 Å². The standard InChI is InChI=1S/C14H21N3O2S/c1-11(2)10-17(8-4-7-15)20(18,19)14-6-5-12(3)9-13(14)16/h5-6,9,11H,4,8,10,16H2,1-3H3. The molecule has 0 amide bonds. The molecule has 0 radical (unpaired) electrons. The maximum atomic E-state index is 12.6. The van der Waals surface area contributed by atoms with Crippen molar-refractivity contribution in [3.63, 3.8) is 0 Å². The summed E-state index contributed by atoms with van der Waals surface area (Å²) < 4.78 is 26.6. The minimum Gasteiger partial charge on any atom is -0.398 e. The monoisotopic (exact) mass is 295 g/mol. The van der Waals surface area contributed by atoms with Gasteiger partial charge in [-0.25, -0.2) is 8.42 Å². The third kappa shape index (κ3) is 3.95. The molecular formula is C14H21N3O2S. The van der Waals surface area contributed by atoms with E-state index in [0.29, 0.717) is 6.54 Å². The van der Waals surface area contributed by atoms with Crippen LogP contribution in [0.3, 0.4) is 0 Å². The van der Waals surface area contributed by atoms with Gasteiger partial charge >= 0.3 is 0 Å². The Hall–Kier alpha value is -1.58. The molecule has 0 aromatic heterocycles. The summed E-state index contributed by atoms with van der Waals surface area (Å²) >= 11 is 0. The van der Waals surface area contributed by atoms with Gasteiger partial charge in [0.25, 0.3) is 0 Å². The highest BCUT2D eigenvalue weighted by Crippen LogP contribution is 2.24. The van der Waals surface area contributed by atoms with Gasteiger partial charge in [0, 0.05) is 19.5 Å². The maximum Gasteiger partial charge on any atom is 0.245 e. The maximum absolute atomic E-state index is 12.6. The van der Waals surface area contributed by atoms with Crippen LogP contribution in [0.1, 0.15) is 25.8 Å². The second-order valence-electron chi connectivity index (χ2n) is 5.21. The average molecular weight is 295 g/mol. The Morgan fingerprint density at radius 3 is 2.55 bits per heavy atom. The Balaban J connectivity index is 3.18. The minimum absolute atomic E-state index is 0.113. The Morgan fingerprint density at radius 2 is 2.05 bits per heavy atom. The lowest BCUT2D eigenvalue weighted by molar-refractivity contribution is 0.373. The Labute approximate surface area is 121 Å². The quantitative estimate of drug-likeness (QED) is 0.814. The summed E-state index contributed by atoms with van der Waals surface area (Å²) in [5, 5.41) is 8.68. The number of nitriles is 1. The molecule has 0 saturated heterocycles. The van der Waals surface area contributed by atoms with E-state index >= 15 is 0 Å². The largest absolute Gasteiger partial charge is 0.398 e. The molecule has 5 nitrogen and oxygen atoms in total. The Kier molecular flexibility index (Phi) is 5.54. The van der Waals surface area contributed by atoms with Crippen LogP contribution in [0, 0.1) is 24.2 Å². The van der Waals surface area contributed by atoms with Crippen molar-refractivity contribution >= 4 is 15.7 Å². The molecule has 110 valence electrons. The summed E-state index contributed by atoms with van der Waals surface area (Å²) in [5.41, 5.74) is 6.99. The van der Waals surface area contributed by atoms with Gasteiger partial charge in [0.15, 0.2) is 0 Å². The number of hydrogen-bond acceptors (Lipinski definition) is 4. The lowest BCUT2D eigenvalue weighted by Crippen LogP contribution is -2.35. The molecule has 0 fully saturated rings. The van der Waals surface area contributed by atoms with Crippen molar-refractivity contribution < 1.29 is 8.42 Å². The predicted molar refractivity (Wildman–Crippen MR) is 79.4 cm³/mol. The molecule has 0 aliphatic heterocycles. The first-order chi connectivity index (χ1) is 9.28. The van der Waals surface area contributed by atoms with Crippen LogP contribution >= 0.6 is 0 Å².